The molecule has 112 valence electrons. The van der Waals surface area contributed by atoms with Crippen molar-refractivity contribution in [1.29, 1.82) is 0 Å². The number of hydrogen-bond acceptors (Lipinski definition) is 3. The van der Waals surface area contributed by atoms with Gasteiger partial charge in [0.1, 0.15) is 0 Å². The number of pyridine rings is 1. The van der Waals surface area contributed by atoms with E-state index in [-0.39, 0.29) is 29.8 Å². The van der Waals surface area contributed by atoms with Crippen LogP contribution in [0.4, 0.5) is 0 Å². The quantitative estimate of drug-likeness (QED) is 0.866. The molecule has 1 aliphatic heterocycles. The lowest BCUT2D eigenvalue weighted by atomic mass is 10.1. The summed E-state index contributed by atoms with van der Waals surface area (Å²) in [5, 5.41) is 3.30. The van der Waals surface area contributed by atoms with Crippen LogP contribution in [-0.2, 0) is 0 Å². The monoisotopic (exact) mass is 299 g/mol. The highest BCUT2D eigenvalue weighted by atomic mass is 35.5. The Morgan fingerprint density at radius 3 is 2.70 bits per heavy atom. The minimum absolute atomic E-state index is 0. The van der Waals surface area contributed by atoms with E-state index in [9.17, 15) is 9.59 Å². The molecule has 0 bridgehead atoms. The summed E-state index contributed by atoms with van der Waals surface area (Å²) in [7, 11) is 0. The highest BCUT2D eigenvalue weighted by Gasteiger charge is 2.22. The van der Waals surface area contributed by atoms with Gasteiger partial charge in [-0.15, -0.1) is 12.4 Å². The molecule has 2 heterocycles. The molecule has 0 aliphatic carbocycles. The average Bonchev–Trinajstić information content (AvgIpc) is 2.37. The van der Waals surface area contributed by atoms with Crippen molar-refractivity contribution in [2.45, 2.75) is 32.7 Å². The van der Waals surface area contributed by atoms with Crippen LogP contribution in [-0.4, -0.2) is 41.5 Å². The number of halogens is 1. The number of nitrogens with zero attached hydrogens (tertiary/aromatic N) is 1. The van der Waals surface area contributed by atoms with E-state index in [2.05, 4.69) is 17.2 Å². The zero-order valence-electron chi connectivity index (χ0n) is 12.1. The maximum Gasteiger partial charge on any atom is 0.254 e. The number of piperazine rings is 1. The lowest BCUT2D eigenvalue weighted by molar-refractivity contribution is 0.0708. The molecule has 0 saturated carbocycles. The van der Waals surface area contributed by atoms with Gasteiger partial charge in [0, 0.05) is 43.0 Å². The van der Waals surface area contributed by atoms with Gasteiger partial charge in [0.15, 0.2) is 0 Å². The molecular formula is C14H22ClN3O2. The van der Waals surface area contributed by atoms with E-state index in [1.165, 1.54) is 6.07 Å². The smallest absolute Gasteiger partial charge is 0.254 e. The molecule has 0 unspecified atom stereocenters. The minimum Gasteiger partial charge on any atom is -0.336 e. The number of rotatable bonds is 2. The molecule has 0 aromatic carbocycles. The number of amides is 1. The largest absolute Gasteiger partial charge is 0.336 e. The SMILES string of the molecule is CC(C)c1cc(C(=O)N2CCN[C@H](C)C2)cc(=O)[nH]1.Cl. The fourth-order valence-corrected chi connectivity index (χ4v) is 2.30. The number of carbonyl (C=O) groups is 1. The van der Waals surface area contributed by atoms with Crippen LogP contribution in [0.25, 0.3) is 0 Å². The molecule has 6 heteroatoms. The van der Waals surface area contributed by atoms with E-state index in [0.717, 1.165) is 12.2 Å². The lowest BCUT2D eigenvalue weighted by Crippen LogP contribution is -2.51. The van der Waals surface area contributed by atoms with Crippen molar-refractivity contribution in [2.24, 2.45) is 0 Å². The number of hydrogen-bond donors (Lipinski definition) is 2. The average molecular weight is 300 g/mol. The van der Waals surface area contributed by atoms with Crippen LogP contribution in [0.5, 0.6) is 0 Å². The van der Waals surface area contributed by atoms with Crippen LogP contribution in [0.1, 0.15) is 42.7 Å². The van der Waals surface area contributed by atoms with Gasteiger partial charge in [-0.1, -0.05) is 13.8 Å². The third-order valence-corrected chi connectivity index (χ3v) is 3.39. The van der Waals surface area contributed by atoms with Crippen molar-refractivity contribution in [3.8, 4) is 0 Å². The first kappa shape index (κ1) is 16.7. The van der Waals surface area contributed by atoms with E-state index in [0.29, 0.717) is 24.7 Å². The standard InChI is InChI=1S/C14H21N3O2.ClH/c1-9(2)12-6-11(7-13(18)16-12)14(19)17-5-4-15-10(3)8-17;/h6-7,9-10,15H,4-5,8H2,1-3H3,(H,16,18);1H/t10-;/m1./s1. The van der Waals surface area contributed by atoms with E-state index < -0.39 is 0 Å². The predicted octanol–water partition coefficient (Wildman–Crippen LogP) is 1.35. The molecule has 2 rings (SSSR count). The molecule has 1 aromatic rings. The Balaban J connectivity index is 0.00000200. The summed E-state index contributed by atoms with van der Waals surface area (Å²) in [6, 6.07) is 3.48. The Bertz CT molecular complexity index is 527. The number of nitrogens with one attached hydrogen (secondary N) is 2. The summed E-state index contributed by atoms with van der Waals surface area (Å²) in [6.45, 7) is 8.21. The molecule has 5 nitrogen and oxygen atoms in total. The molecule has 0 spiro atoms. The highest BCUT2D eigenvalue weighted by Crippen LogP contribution is 2.13. The summed E-state index contributed by atoms with van der Waals surface area (Å²) in [5.41, 5.74) is 1.08. The predicted molar refractivity (Wildman–Crippen MR) is 81.8 cm³/mol. The number of aromatic nitrogens is 1. The van der Waals surface area contributed by atoms with Gasteiger partial charge in [0.05, 0.1) is 0 Å². The second kappa shape index (κ2) is 6.90. The number of carbonyl (C=O) groups excluding carboxylic acids is 1. The Hall–Kier alpha value is -1.33. The van der Waals surface area contributed by atoms with Gasteiger partial charge in [-0.3, -0.25) is 9.59 Å². The minimum atomic E-state index is -0.210. The van der Waals surface area contributed by atoms with Gasteiger partial charge in [-0.05, 0) is 18.9 Å². The Morgan fingerprint density at radius 1 is 1.40 bits per heavy atom. The molecule has 1 aromatic heterocycles. The summed E-state index contributed by atoms with van der Waals surface area (Å²) in [6.07, 6.45) is 0. The third kappa shape index (κ3) is 3.84. The molecule has 2 N–H and O–H groups in total. The van der Waals surface area contributed by atoms with Crippen LogP contribution in [0.2, 0.25) is 0 Å². The van der Waals surface area contributed by atoms with Gasteiger partial charge in [0.25, 0.3) is 5.91 Å². The number of aromatic amines is 1. The summed E-state index contributed by atoms with van der Waals surface area (Å²) in [4.78, 5) is 28.6. The first-order valence-electron chi connectivity index (χ1n) is 6.74. The van der Waals surface area contributed by atoms with Crippen molar-refractivity contribution >= 4 is 18.3 Å². The fraction of sp³-hybridized carbons (Fsp3) is 0.571. The van der Waals surface area contributed by atoms with Crippen molar-refractivity contribution in [1.82, 2.24) is 15.2 Å². The maximum absolute atomic E-state index is 12.4. The van der Waals surface area contributed by atoms with Crippen LogP contribution in [0, 0.1) is 0 Å². The normalized spacial score (nSPS) is 18.8. The van der Waals surface area contributed by atoms with Crippen LogP contribution in [0.15, 0.2) is 16.9 Å². The lowest BCUT2D eigenvalue weighted by Gasteiger charge is -2.32. The van der Waals surface area contributed by atoms with E-state index in [1.807, 2.05) is 13.8 Å². The molecule has 20 heavy (non-hydrogen) atoms. The third-order valence-electron chi connectivity index (χ3n) is 3.39. The summed E-state index contributed by atoms with van der Waals surface area (Å²) < 4.78 is 0. The first-order valence-corrected chi connectivity index (χ1v) is 6.74. The maximum atomic E-state index is 12.4. The van der Waals surface area contributed by atoms with Gasteiger partial charge in [0.2, 0.25) is 5.56 Å². The van der Waals surface area contributed by atoms with Gasteiger partial charge in [-0.25, -0.2) is 0 Å². The molecule has 1 aliphatic rings. The highest BCUT2D eigenvalue weighted by molar-refractivity contribution is 5.94. The molecule has 1 amide bonds. The first-order chi connectivity index (χ1) is 8.97. The Morgan fingerprint density at radius 2 is 2.10 bits per heavy atom. The van der Waals surface area contributed by atoms with E-state index in [1.54, 1.807) is 11.0 Å². The zero-order valence-corrected chi connectivity index (χ0v) is 12.9. The topological polar surface area (TPSA) is 65.2 Å². The molecule has 0 radical (unpaired) electrons. The van der Waals surface area contributed by atoms with Crippen molar-refractivity contribution < 1.29 is 4.79 Å². The second-order valence-electron chi connectivity index (χ2n) is 5.45. The number of H-pyrrole nitrogens is 1. The van der Waals surface area contributed by atoms with Crippen LogP contribution < -0.4 is 10.9 Å². The zero-order chi connectivity index (χ0) is 14.0. The van der Waals surface area contributed by atoms with Crippen molar-refractivity contribution in [2.75, 3.05) is 19.6 Å². The fourth-order valence-electron chi connectivity index (χ4n) is 2.30. The molecule has 1 saturated heterocycles. The van der Waals surface area contributed by atoms with E-state index in [4.69, 9.17) is 0 Å². The second-order valence-corrected chi connectivity index (χ2v) is 5.45. The molecular weight excluding hydrogens is 278 g/mol. The van der Waals surface area contributed by atoms with Crippen molar-refractivity contribution in [3.05, 3.63) is 33.7 Å². The van der Waals surface area contributed by atoms with Gasteiger partial charge < -0.3 is 15.2 Å². The Kier molecular flexibility index (Phi) is 5.77. The molecule has 1 atom stereocenters. The van der Waals surface area contributed by atoms with Crippen LogP contribution in [0.3, 0.4) is 0 Å². The van der Waals surface area contributed by atoms with Gasteiger partial charge in [-0.2, -0.15) is 0 Å². The van der Waals surface area contributed by atoms with Crippen LogP contribution >= 0.6 is 12.4 Å². The van der Waals surface area contributed by atoms with E-state index >= 15 is 0 Å². The molecule has 1 fully saturated rings. The van der Waals surface area contributed by atoms with Crippen molar-refractivity contribution in [3.63, 3.8) is 0 Å². The summed E-state index contributed by atoms with van der Waals surface area (Å²) >= 11 is 0. The summed E-state index contributed by atoms with van der Waals surface area (Å²) in [5.74, 6) is 0.142. The Labute approximate surface area is 125 Å². The van der Waals surface area contributed by atoms with Gasteiger partial charge >= 0.3 is 0 Å².